The number of pyridine rings is 1. The molecule has 0 spiro atoms. The third-order valence-corrected chi connectivity index (χ3v) is 4.08. The summed E-state index contributed by atoms with van der Waals surface area (Å²) in [5.41, 5.74) is 0.711. The maximum atomic E-state index is 12.9. The summed E-state index contributed by atoms with van der Waals surface area (Å²) in [7, 11) is 0. The van der Waals surface area contributed by atoms with Gasteiger partial charge in [0, 0.05) is 23.6 Å². The highest BCUT2D eigenvalue weighted by Gasteiger charge is 2.33. The molecule has 3 aromatic rings. The van der Waals surface area contributed by atoms with Crippen LogP contribution < -0.4 is 10.1 Å². The topological polar surface area (TPSA) is 51.2 Å². The fourth-order valence-corrected chi connectivity index (χ4v) is 2.69. The smallest absolute Gasteiger partial charge is 0.417 e. The molecule has 3 rings (SSSR count). The van der Waals surface area contributed by atoms with E-state index in [9.17, 15) is 18.0 Å². The number of carbonyl (C=O) groups excluding carboxylic acids is 1. The van der Waals surface area contributed by atoms with E-state index in [0.29, 0.717) is 5.75 Å². The number of hydrogen-bond acceptors (Lipinski definition) is 3. The zero-order valence-electron chi connectivity index (χ0n) is 14.3. The summed E-state index contributed by atoms with van der Waals surface area (Å²) >= 11 is 5.56. The van der Waals surface area contributed by atoms with Crippen LogP contribution in [0.1, 0.15) is 5.56 Å². The summed E-state index contributed by atoms with van der Waals surface area (Å²) < 4.78 is 44.1. The van der Waals surface area contributed by atoms with E-state index >= 15 is 0 Å². The van der Waals surface area contributed by atoms with Gasteiger partial charge in [-0.05, 0) is 42.0 Å². The Hall–Kier alpha value is -3.06. The molecule has 0 bridgehead atoms. The van der Waals surface area contributed by atoms with Gasteiger partial charge in [0.05, 0.1) is 10.6 Å². The van der Waals surface area contributed by atoms with Gasteiger partial charge >= 0.3 is 6.18 Å². The maximum Gasteiger partial charge on any atom is 0.417 e. The van der Waals surface area contributed by atoms with Gasteiger partial charge in [0.15, 0.2) is 6.61 Å². The third kappa shape index (κ3) is 5.01. The summed E-state index contributed by atoms with van der Waals surface area (Å²) in [4.78, 5) is 16.1. The number of carbonyl (C=O) groups is 1. The Labute approximate surface area is 163 Å². The van der Waals surface area contributed by atoms with Gasteiger partial charge in [0.1, 0.15) is 5.75 Å². The van der Waals surface area contributed by atoms with Gasteiger partial charge in [-0.3, -0.25) is 9.78 Å². The molecule has 28 heavy (non-hydrogen) atoms. The van der Waals surface area contributed by atoms with Crippen LogP contribution in [-0.2, 0) is 11.0 Å². The molecular formula is C20H14ClF3N2O2. The zero-order valence-corrected chi connectivity index (χ0v) is 15.1. The molecule has 0 radical (unpaired) electrons. The Kier molecular flexibility index (Phi) is 5.84. The van der Waals surface area contributed by atoms with Crippen molar-refractivity contribution in [2.45, 2.75) is 6.18 Å². The number of nitrogens with zero attached hydrogens (tertiary/aromatic N) is 1. The summed E-state index contributed by atoms with van der Waals surface area (Å²) in [5, 5.41) is 1.93. The molecule has 0 atom stereocenters. The van der Waals surface area contributed by atoms with Crippen LogP contribution in [0.4, 0.5) is 18.9 Å². The number of alkyl halides is 3. The molecule has 1 N–H and O–H groups in total. The lowest BCUT2D eigenvalue weighted by molar-refractivity contribution is -0.137. The minimum atomic E-state index is -4.61. The Morgan fingerprint density at radius 3 is 2.57 bits per heavy atom. The first-order chi connectivity index (χ1) is 13.3. The van der Waals surface area contributed by atoms with Crippen LogP contribution in [0.3, 0.4) is 0 Å². The predicted molar refractivity (Wildman–Crippen MR) is 100 cm³/mol. The standard InChI is InChI=1S/C20H14ClF3N2O2/c21-18-7-6-15(10-17(18)20(22,23)24)26-19(27)12-28-16-5-1-3-13(9-16)14-4-2-8-25-11-14/h1-11H,12H2,(H,26,27). The lowest BCUT2D eigenvalue weighted by atomic mass is 10.1. The molecule has 2 aromatic carbocycles. The third-order valence-electron chi connectivity index (χ3n) is 3.75. The highest BCUT2D eigenvalue weighted by atomic mass is 35.5. The van der Waals surface area contributed by atoms with E-state index in [4.69, 9.17) is 16.3 Å². The molecule has 4 nitrogen and oxygen atoms in total. The molecule has 8 heteroatoms. The van der Waals surface area contributed by atoms with Crippen molar-refractivity contribution in [1.29, 1.82) is 0 Å². The van der Waals surface area contributed by atoms with Gasteiger partial charge in [0.2, 0.25) is 0 Å². The Balaban J connectivity index is 1.64. The molecule has 1 aromatic heterocycles. The minimum absolute atomic E-state index is 0.0190. The van der Waals surface area contributed by atoms with E-state index in [-0.39, 0.29) is 12.3 Å². The van der Waals surface area contributed by atoms with Crippen molar-refractivity contribution >= 4 is 23.2 Å². The van der Waals surface area contributed by atoms with Crippen LogP contribution in [0.2, 0.25) is 5.02 Å². The zero-order chi connectivity index (χ0) is 20.1. The van der Waals surface area contributed by atoms with E-state index in [1.54, 1.807) is 36.7 Å². The summed E-state index contributed by atoms with van der Waals surface area (Å²) in [6, 6.07) is 13.9. The minimum Gasteiger partial charge on any atom is -0.484 e. The average molecular weight is 407 g/mol. The molecule has 144 valence electrons. The highest BCUT2D eigenvalue weighted by molar-refractivity contribution is 6.31. The van der Waals surface area contributed by atoms with Gasteiger partial charge in [-0.25, -0.2) is 0 Å². The van der Waals surface area contributed by atoms with Gasteiger partial charge in [-0.1, -0.05) is 29.8 Å². The van der Waals surface area contributed by atoms with Crippen LogP contribution in [0.5, 0.6) is 5.75 Å². The van der Waals surface area contributed by atoms with Gasteiger partial charge < -0.3 is 10.1 Å². The highest BCUT2D eigenvalue weighted by Crippen LogP contribution is 2.36. The monoisotopic (exact) mass is 406 g/mol. The second kappa shape index (κ2) is 8.31. The first-order valence-corrected chi connectivity index (χ1v) is 8.50. The number of nitrogens with one attached hydrogen (secondary N) is 1. The molecular weight excluding hydrogens is 393 g/mol. The Morgan fingerprint density at radius 1 is 1.07 bits per heavy atom. The van der Waals surface area contributed by atoms with Crippen molar-refractivity contribution in [3.63, 3.8) is 0 Å². The molecule has 0 unspecified atom stereocenters. The normalized spacial score (nSPS) is 11.1. The fraction of sp³-hybridized carbons (Fsp3) is 0.100. The maximum absolute atomic E-state index is 12.9. The van der Waals surface area contributed by atoms with Crippen molar-refractivity contribution in [3.05, 3.63) is 77.6 Å². The van der Waals surface area contributed by atoms with E-state index in [0.717, 1.165) is 23.3 Å². The second-order valence-electron chi connectivity index (χ2n) is 5.80. The van der Waals surface area contributed by atoms with Gasteiger partial charge in [-0.2, -0.15) is 13.2 Å². The molecule has 1 amide bonds. The van der Waals surface area contributed by atoms with Crippen LogP contribution in [-0.4, -0.2) is 17.5 Å². The van der Waals surface area contributed by atoms with E-state index < -0.39 is 22.7 Å². The lowest BCUT2D eigenvalue weighted by Crippen LogP contribution is -2.20. The molecule has 0 aliphatic carbocycles. The van der Waals surface area contributed by atoms with Crippen molar-refractivity contribution in [3.8, 4) is 16.9 Å². The summed E-state index contributed by atoms with van der Waals surface area (Å²) in [6.07, 6.45) is -1.25. The molecule has 0 saturated carbocycles. The number of anilines is 1. The summed E-state index contributed by atoms with van der Waals surface area (Å²) in [5.74, 6) is -0.147. The van der Waals surface area contributed by atoms with Crippen LogP contribution in [0.25, 0.3) is 11.1 Å². The number of rotatable bonds is 5. The van der Waals surface area contributed by atoms with Crippen molar-refractivity contribution in [2.24, 2.45) is 0 Å². The average Bonchev–Trinajstić information content (AvgIpc) is 2.68. The molecule has 1 heterocycles. The first-order valence-electron chi connectivity index (χ1n) is 8.13. The lowest BCUT2D eigenvalue weighted by Gasteiger charge is -2.12. The molecule has 0 saturated heterocycles. The molecule has 0 aliphatic rings. The quantitative estimate of drug-likeness (QED) is 0.614. The van der Waals surface area contributed by atoms with E-state index in [1.807, 2.05) is 12.1 Å². The van der Waals surface area contributed by atoms with Crippen LogP contribution in [0.15, 0.2) is 67.0 Å². The Morgan fingerprint density at radius 2 is 1.86 bits per heavy atom. The van der Waals surface area contributed by atoms with Gasteiger partial charge in [0.25, 0.3) is 5.91 Å². The fourth-order valence-electron chi connectivity index (χ4n) is 2.47. The second-order valence-corrected chi connectivity index (χ2v) is 6.21. The van der Waals surface area contributed by atoms with Crippen LogP contribution in [0, 0.1) is 0 Å². The van der Waals surface area contributed by atoms with Gasteiger partial charge in [-0.15, -0.1) is 0 Å². The first kappa shape index (κ1) is 19.7. The number of ether oxygens (including phenoxy) is 1. The van der Waals surface area contributed by atoms with Crippen LogP contribution >= 0.6 is 11.6 Å². The van der Waals surface area contributed by atoms with Crippen molar-refractivity contribution in [2.75, 3.05) is 11.9 Å². The largest absolute Gasteiger partial charge is 0.484 e. The predicted octanol–water partition coefficient (Wildman–Crippen LogP) is 5.44. The molecule has 0 fully saturated rings. The number of amides is 1. The van der Waals surface area contributed by atoms with Crippen molar-refractivity contribution in [1.82, 2.24) is 4.98 Å². The SMILES string of the molecule is O=C(COc1cccc(-c2cccnc2)c1)Nc1ccc(Cl)c(C(F)(F)F)c1. The number of benzene rings is 2. The number of aromatic nitrogens is 1. The number of hydrogen-bond donors (Lipinski definition) is 1. The molecule has 0 aliphatic heterocycles. The van der Waals surface area contributed by atoms with E-state index in [2.05, 4.69) is 10.3 Å². The Bertz CT molecular complexity index is 979. The van der Waals surface area contributed by atoms with Crippen molar-refractivity contribution < 1.29 is 22.7 Å². The summed E-state index contributed by atoms with van der Waals surface area (Å²) in [6.45, 7) is -0.361. The van der Waals surface area contributed by atoms with E-state index in [1.165, 1.54) is 6.07 Å². The number of halogens is 4.